The van der Waals surface area contributed by atoms with Gasteiger partial charge in [0.1, 0.15) is 5.76 Å². The summed E-state index contributed by atoms with van der Waals surface area (Å²) >= 11 is 0. The molecule has 4 heteroatoms. The Morgan fingerprint density at radius 3 is 2.12 bits per heavy atom. The summed E-state index contributed by atoms with van der Waals surface area (Å²) in [5.74, 6) is -0.173. The van der Waals surface area contributed by atoms with Crippen molar-refractivity contribution in [1.82, 2.24) is 0 Å². The quantitative estimate of drug-likeness (QED) is 0.138. The van der Waals surface area contributed by atoms with Crippen LogP contribution in [0, 0.1) is 0 Å². The predicted molar refractivity (Wildman–Crippen MR) is 98.6 cm³/mol. The molecule has 0 aromatic carbocycles. The highest BCUT2D eigenvalue weighted by Crippen LogP contribution is 2.06. The predicted octanol–water partition coefficient (Wildman–Crippen LogP) is 5.81. The van der Waals surface area contributed by atoms with Gasteiger partial charge in [-0.05, 0) is 44.6 Å². The maximum Gasteiger partial charge on any atom is 0.303 e. The van der Waals surface area contributed by atoms with Crippen LogP contribution >= 0.6 is 0 Å². The molecule has 2 N–H and O–H groups in total. The number of aliphatic carboxylic acids is 1. The lowest BCUT2D eigenvalue weighted by Gasteiger charge is -1.98. The molecule has 0 saturated heterocycles. The van der Waals surface area contributed by atoms with Crippen molar-refractivity contribution in [1.29, 1.82) is 0 Å². The molecule has 0 aromatic rings. The molecule has 24 heavy (non-hydrogen) atoms. The Labute approximate surface area is 145 Å². The van der Waals surface area contributed by atoms with E-state index in [-0.39, 0.29) is 6.42 Å². The zero-order valence-electron chi connectivity index (χ0n) is 14.6. The van der Waals surface area contributed by atoms with Gasteiger partial charge >= 0.3 is 5.97 Å². The van der Waals surface area contributed by atoms with E-state index in [1.165, 1.54) is 0 Å². The van der Waals surface area contributed by atoms with Crippen molar-refractivity contribution in [2.75, 3.05) is 0 Å². The van der Waals surface area contributed by atoms with Crippen LogP contribution in [-0.4, -0.2) is 16.3 Å². The van der Waals surface area contributed by atoms with Crippen LogP contribution in [0.2, 0.25) is 0 Å². The van der Waals surface area contributed by atoms with Crippen LogP contribution in [0.3, 0.4) is 0 Å². The van der Waals surface area contributed by atoms with Gasteiger partial charge in [-0.2, -0.15) is 0 Å². The molecule has 134 valence electrons. The van der Waals surface area contributed by atoms with E-state index in [1.54, 1.807) is 0 Å². The van der Waals surface area contributed by atoms with Crippen LogP contribution in [0.5, 0.6) is 0 Å². The normalized spacial score (nSPS) is 13.0. The van der Waals surface area contributed by atoms with Crippen LogP contribution in [0.4, 0.5) is 0 Å². The summed E-state index contributed by atoms with van der Waals surface area (Å²) < 4.78 is 0. The largest absolute Gasteiger partial charge is 0.481 e. The smallest absolute Gasteiger partial charge is 0.303 e. The van der Waals surface area contributed by atoms with Crippen LogP contribution in [-0.2, 0) is 9.68 Å². The minimum atomic E-state index is -0.736. The van der Waals surface area contributed by atoms with Crippen LogP contribution < -0.4 is 0 Å². The molecule has 0 amide bonds. The molecular formula is C20H30O4. The molecule has 0 bridgehead atoms. The molecule has 0 aliphatic carbocycles. The Morgan fingerprint density at radius 2 is 1.54 bits per heavy atom. The lowest BCUT2D eigenvalue weighted by atomic mass is 10.2. The highest BCUT2D eigenvalue weighted by Gasteiger charge is 1.93. The second-order valence-electron chi connectivity index (χ2n) is 5.25. The molecule has 0 saturated carbocycles. The maximum atomic E-state index is 10.3. The van der Waals surface area contributed by atoms with E-state index >= 15 is 0 Å². The minimum absolute atomic E-state index is 0.233. The summed E-state index contributed by atoms with van der Waals surface area (Å²) in [4.78, 5) is 14.7. The third kappa shape index (κ3) is 16.3. The van der Waals surface area contributed by atoms with Gasteiger partial charge in [-0.1, -0.05) is 55.5 Å². The molecule has 0 aliphatic rings. The number of rotatable bonds is 14. The lowest BCUT2D eigenvalue weighted by molar-refractivity contribution is -0.204. The number of unbranched alkanes of at least 4 members (excludes halogenated alkanes) is 1. The Bertz CT molecular complexity index is 456. The Balaban J connectivity index is 3.74. The second-order valence-corrected chi connectivity index (χ2v) is 5.25. The molecule has 0 spiro atoms. The van der Waals surface area contributed by atoms with E-state index in [4.69, 9.17) is 10.4 Å². The summed E-state index contributed by atoms with van der Waals surface area (Å²) in [6.45, 7) is 2.06. The van der Waals surface area contributed by atoms with Gasteiger partial charge in [0.15, 0.2) is 0 Å². The second kappa shape index (κ2) is 17.3. The first kappa shape index (κ1) is 21.9. The van der Waals surface area contributed by atoms with Crippen LogP contribution in [0.1, 0.15) is 58.3 Å². The number of hydrogen-bond donors (Lipinski definition) is 2. The topological polar surface area (TPSA) is 66.8 Å². The number of carboxylic acids is 1. The average Bonchev–Trinajstić information content (AvgIpc) is 2.57. The highest BCUT2D eigenvalue weighted by molar-refractivity contribution is 5.66. The van der Waals surface area contributed by atoms with Gasteiger partial charge in [0.05, 0.1) is 0 Å². The van der Waals surface area contributed by atoms with Crippen molar-refractivity contribution in [2.24, 2.45) is 0 Å². The summed E-state index contributed by atoms with van der Waals surface area (Å²) in [6.07, 6.45) is 24.0. The first-order valence-corrected chi connectivity index (χ1v) is 8.52. The van der Waals surface area contributed by atoms with Crippen molar-refractivity contribution in [3.8, 4) is 0 Å². The summed E-state index contributed by atoms with van der Waals surface area (Å²) in [5, 5.41) is 17.3. The summed E-state index contributed by atoms with van der Waals surface area (Å²) in [6, 6.07) is 0. The zero-order chi connectivity index (χ0) is 17.9. The van der Waals surface area contributed by atoms with E-state index in [0.717, 1.165) is 32.1 Å². The molecule has 0 aliphatic heterocycles. The van der Waals surface area contributed by atoms with Crippen molar-refractivity contribution >= 4 is 5.97 Å². The molecule has 0 rings (SSSR count). The van der Waals surface area contributed by atoms with E-state index in [0.29, 0.717) is 18.6 Å². The molecule has 0 atom stereocenters. The van der Waals surface area contributed by atoms with Crippen molar-refractivity contribution < 1.29 is 20.0 Å². The fourth-order valence-electron chi connectivity index (χ4n) is 1.85. The molecule has 0 heterocycles. The molecule has 0 fully saturated rings. The fraction of sp³-hybridized carbons (Fsp3) is 0.450. The lowest BCUT2D eigenvalue weighted by Crippen LogP contribution is -1.92. The average molecular weight is 334 g/mol. The third-order valence-electron chi connectivity index (χ3n) is 3.13. The third-order valence-corrected chi connectivity index (χ3v) is 3.13. The van der Waals surface area contributed by atoms with E-state index < -0.39 is 5.97 Å². The zero-order valence-corrected chi connectivity index (χ0v) is 14.6. The maximum absolute atomic E-state index is 10.3. The number of carboxylic acid groups (broad SMARTS) is 1. The van der Waals surface area contributed by atoms with Gasteiger partial charge in [0.2, 0.25) is 0 Å². The molecule has 4 nitrogen and oxygen atoms in total. The van der Waals surface area contributed by atoms with Gasteiger partial charge in [-0.25, -0.2) is 5.26 Å². The van der Waals surface area contributed by atoms with Gasteiger partial charge in [0.25, 0.3) is 0 Å². The molecular weight excluding hydrogens is 304 g/mol. The van der Waals surface area contributed by atoms with E-state index in [2.05, 4.69) is 36.1 Å². The molecule has 0 unspecified atom stereocenters. The molecule has 0 aromatic heterocycles. The number of hydrogen-bond acceptors (Lipinski definition) is 3. The first-order valence-electron chi connectivity index (χ1n) is 8.52. The van der Waals surface area contributed by atoms with Gasteiger partial charge in [-0.15, -0.1) is 0 Å². The summed E-state index contributed by atoms with van der Waals surface area (Å²) in [7, 11) is 0. The molecule has 0 radical (unpaired) electrons. The number of allylic oxidation sites excluding steroid dienone is 9. The van der Waals surface area contributed by atoms with Gasteiger partial charge in [0, 0.05) is 12.8 Å². The Kier molecular flexibility index (Phi) is 15.8. The van der Waals surface area contributed by atoms with Crippen LogP contribution in [0.15, 0.2) is 60.4 Å². The van der Waals surface area contributed by atoms with Crippen molar-refractivity contribution in [2.45, 2.75) is 58.3 Å². The summed E-state index contributed by atoms with van der Waals surface area (Å²) in [5.41, 5.74) is 0. The standard InChI is InChI=1S/C20H30O4/c1-2-3-13-16-19(24-23)17-14-11-9-7-5-4-6-8-10-12-15-18-20(21)22/h3-5,8-11,13,17,23H,2,6-7,12,14-16,18H2,1H3,(H,21,22)/b5-4-,10-8+,11-9-,13-3-,19-17-. The van der Waals surface area contributed by atoms with E-state index in [1.807, 2.05) is 30.4 Å². The fourth-order valence-corrected chi connectivity index (χ4v) is 1.85. The Morgan fingerprint density at radius 1 is 0.917 bits per heavy atom. The van der Waals surface area contributed by atoms with Crippen molar-refractivity contribution in [3.63, 3.8) is 0 Å². The van der Waals surface area contributed by atoms with Crippen LogP contribution in [0.25, 0.3) is 0 Å². The monoisotopic (exact) mass is 334 g/mol. The Hall–Kier alpha value is -2.07. The highest BCUT2D eigenvalue weighted by atomic mass is 17.1. The first-order chi connectivity index (χ1) is 11.7. The SMILES string of the molecule is CC/C=C\C/C(=C/C/C=C\C/C=C\C/C=C/CCCC(=O)O)OO. The minimum Gasteiger partial charge on any atom is -0.481 e. The van der Waals surface area contributed by atoms with Gasteiger partial charge in [-0.3, -0.25) is 4.79 Å². The van der Waals surface area contributed by atoms with Crippen molar-refractivity contribution in [3.05, 3.63) is 60.4 Å². The van der Waals surface area contributed by atoms with E-state index in [9.17, 15) is 4.79 Å². The van der Waals surface area contributed by atoms with Gasteiger partial charge < -0.3 is 9.99 Å². The number of carbonyl (C=O) groups is 1.